The van der Waals surface area contributed by atoms with Gasteiger partial charge < -0.3 is 29.0 Å². The molecule has 1 aromatic rings. The van der Waals surface area contributed by atoms with E-state index in [0.29, 0.717) is 5.02 Å². The summed E-state index contributed by atoms with van der Waals surface area (Å²) in [6.07, 6.45) is -4.80. The Morgan fingerprint density at radius 2 is 1.59 bits per heavy atom. The Hall–Kier alpha value is -2.56. The Labute approximate surface area is 194 Å². The van der Waals surface area contributed by atoms with Crippen LogP contribution in [0.3, 0.4) is 0 Å². The van der Waals surface area contributed by atoms with Crippen LogP contribution in [0.1, 0.15) is 27.7 Å². The van der Waals surface area contributed by atoms with Crippen LogP contribution in [0, 0.1) is 0 Å². The summed E-state index contributed by atoms with van der Waals surface area (Å²) < 4.78 is 27.5. The monoisotopic (exact) mass is 491 g/mol. The molecule has 1 fully saturated rings. The number of hydrogen-bond acceptors (Lipinski definition) is 9. The van der Waals surface area contributed by atoms with Crippen LogP contribution in [-0.4, -0.2) is 61.1 Å². The average molecular weight is 492 g/mol. The van der Waals surface area contributed by atoms with Crippen molar-refractivity contribution in [2.24, 2.45) is 0 Å². The van der Waals surface area contributed by atoms with Crippen LogP contribution in [0.15, 0.2) is 18.2 Å². The van der Waals surface area contributed by atoms with Crippen molar-refractivity contribution in [1.82, 2.24) is 5.32 Å². The van der Waals surface area contributed by atoms with E-state index >= 15 is 0 Å². The van der Waals surface area contributed by atoms with Crippen molar-refractivity contribution in [3.05, 3.63) is 28.2 Å². The Bertz CT molecular complexity index is 879. The topological polar surface area (TPSA) is 126 Å². The highest BCUT2D eigenvalue weighted by molar-refractivity contribution is 6.35. The molecular weight excluding hydrogens is 469 g/mol. The maximum atomic E-state index is 11.9. The number of nitrogens with one attached hydrogen (secondary N) is 1. The molecule has 32 heavy (non-hydrogen) atoms. The molecule has 1 N–H and O–H groups in total. The fourth-order valence-corrected chi connectivity index (χ4v) is 3.54. The molecule has 1 heterocycles. The molecule has 1 aliphatic heterocycles. The van der Waals surface area contributed by atoms with Gasteiger partial charge in [-0.2, -0.15) is 0 Å². The second-order valence-electron chi connectivity index (χ2n) is 6.91. The Balaban J connectivity index is 2.47. The standard InChI is InChI=1S/C20H23Cl2NO9/c1-9(24)23-17-19(30-12(4)27)18(29-11(3)26)16(8-28-10(2)25)32-20(17)31-15-6-5-13(21)7-14(15)22/h5-7,16-20H,8H2,1-4H3,(H,23,24)/t16-,17-,18+,19-,20-/m0/s1. The molecule has 0 spiro atoms. The van der Waals surface area contributed by atoms with Crippen molar-refractivity contribution >= 4 is 47.0 Å². The van der Waals surface area contributed by atoms with Gasteiger partial charge in [0.15, 0.2) is 12.2 Å². The van der Waals surface area contributed by atoms with Gasteiger partial charge in [0.1, 0.15) is 24.5 Å². The number of rotatable bonds is 7. The van der Waals surface area contributed by atoms with Crippen LogP contribution >= 0.6 is 23.2 Å². The third kappa shape index (κ3) is 7.25. The first-order valence-corrected chi connectivity index (χ1v) is 10.3. The lowest BCUT2D eigenvalue weighted by Crippen LogP contribution is -2.67. The fraction of sp³-hybridized carbons (Fsp3) is 0.500. The van der Waals surface area contributed by atoms with Crippen molar-refractivity contribution < 1.29 is 42.9 Å². The molecular formula is C20H23Cl2NO9. The predicted molar refractivity (Wildman–Crippen MR) is 111 cm³/mol. The van der Waals surface area contributed by atoms with E-state index in [1.54, 1.807) is 0 Å². The van der Waals surface area contributed by atoms with E-state index in [0.717, 1.165) is 13.8 Å². The zero-order valence-corrected chi connectivity index (χ0v) is 19.3. The SMILES string of the molecule is CC(=O)N[C@@H]1[C@@H](Oc2ccc(Cl)cc2Cl)O[C@@H](COC(C)=O)[C@@H](OC(C)=O)[C@H]1OC(C)=O. The highest BCUT2D eigenvalue weighted by Crippen LogP contribution is 2.33. The molecule has 5 atom stereocenters. The summed E-state index contributed by atoms with van der Waals surface area (Å²) in [5.41, 5.74) is 0. The maximum Gasteiger partial charge on any atom is 0.303 e. The largest absolute Gasteiger partial charge is 0.463 e. The first-order valence-electron chi connectivity index (χ1n) is 9.50. The van der Waals surface area contributed by atoms with Crippen LogP contribution in [0.2, 0.25) is 10.0 Å². The minimum atomic E-state index is -1.27. The molecule has 1 aliphatic rings. The van der Waals surface area contributed by atoms with E-state index in [4.69, 9.17) is 46.9 Å². The van der Waals surface area contributed by atoms with Gasteiger partial charge in [-0.3, -0.25) is 19.2 Å². The van der Waals surface area contributed by atoms with Crippen molar-refractivity contribution in [3.8, 4) is 5.75 Å². The normalized spacial score (nSPS) is 24.8. The molecule has 0 bridgehead atoms. The highest BCUT2D eigenvalue weighted by Gasteiger charge is 2.52. The lowest BCUT2D eigenvalue weighted by atomic mass is 9.96. The zero-order chi connectivity index (χ0) is 24.0. The summed E-state index contributed by atoms with van der Waals surface area (Å²) in [5.74, 6) is -2.35. The number of benzene rings is 1. The molecule has 1 amide bonds. The molecule has 10 nitrogen and oxygen atoms in total. The molecule has 0 aliphatic carbocycles. The van der Waals surface area contributed by atoms with Gasteiger partial charge in [0.05, 0.1) is 5.02 Å². The number of esters is 3. The quantitative estimate of drug-likeness (QED) is 0.449. The molecule has 2 rings (SSSR count). The van der Waals surface area contributed by atoms with E-state index in [1.165, 1.54) is 32.0 Å². The second kappa shape index (κ2) is 11.3. The van der Waals surface area contributed by atoms with Crippen LogP contribution in [0.25, 0.3) is 0 Å². The van der Waals surface area contributed by atoms with E-state index in [1.807, 2.05) is 0 Å². The lowest BCUT2D eigenvalue weighted by Gasteiger charge is -2.44. The van der Waals surface area contributed by atoms with Crippen LogP contribution in [0.4, 0.5) is 0 Å². The Kier molecular flexibility index (Phi) is 9.11. The van der Waals surface area contributed by atoms with Gasteiger partial charge in [0.2, 0.25) is 12.2 Å². The van der Waals surface area contributed by atoms with Gasteiger partial charge in [0.25, 0.3) is 0 Å². The Morgan fingerprint density at radius 1 is 0.969 bits per heavy atom. The van der Waals surface area contributed by atoms with Crippen molar-refractivity contribution in [1.29, 1.82) is 0 Å². The summed E-state index contributed by atoms with van der Waals surface area (Å²) in [6.45, 7) is 4.39. The molecule has 1 saturated heterocycles. The zero-order valence-electron chi connectivity index (χ0n) is 17.8. The van der Waals surface area contributed by atoms with Gasteiger partial charge in [-0.05, 0) is 18.2 Å². The summed E-state index contributed by atoms with van der Waals surface area (Å²) >= 11 is 12.1. The summed E-state index contributed by atoms with van der Waals surface area (Å²) in [5, 5.41) is 3.12. The molecule has 0 saturated carbocycles. The first-order chi connectivity index (χ1) is 15.0. The first kappa shape index (κ1) is 25.7. The second-order valence-corrected chi connectivity index (χ2v) is 7.76. The molecule has 0 aromatic heterocycles. The van der Waals surface area contributed by atoms with E-state index in [9.17, 15) is 19.2 Å². The number of ether oxygens (including phenoxy) is 5. The van der Waals surface area contributed by atoms with Gasteiger partial charge in [-0.25, -0.2) is 0 Å². The van der Waals surface area contributed by atoms with Crippen molar-refractivity contribution in [3.63, 3.8) is 0 Å². The van der Waals surface area contributed by atoms with Gasteiger partial charge in [0, 0.05) is 32.7 Å². The Morgan fingerprint density at radius 3 is 2.12 bits per heavy atom. The molecule has 0 unspecified atom stereocenters. The highest BCUT2D eigenvalue weighted by atomic mass is 35.5. The number of amides is 1. The minimum Gasteiger partial charge on any atom is -0.463 e. The molecule has 1 aromatic carbocycles. The maximum absolute atomic E-state index is 11.9. The summed E-state index contributed by atoms with van der Waals surface area (Å²) in [7, 11) is 0. The lowest BCUT2D eigenvalue weighted by molar-refractivity contribution is -0.257. The molecule has 0 radical (unpaired) electrons. The molecule has 12 heteroatoms. The number of hydrogen-bond donors (Lipinski definition) is 1. The predicted octanol–water partition coefficient (Wildman–Crippen LogP) is 2.03. The number of carbonyl (C=O) groups is 4. The number of carbonyl (C=O) groups excluding carboxylic acids is 4. The fourth-order valence-electron chi connectivity index (χ4n) is 3.09. The summed E-state index contributed by atoms with van der Waals surface area (Å²) in [4.78, 5) is 46.8. The van der Waals surface area contributed by atoms with Gasteiger partial charge >= 0.3 is 17.9 Å². The van der Waals surface area contributed by atoms with Crippen molar-refractivity contribution in [2.75, 3.05) is 6.61 Å². The van der Waals surface area contributed by atoms with Crippen LogP contribution in [0.5, 0.6) is 5.75 Å². The molecule has 176 valence electrons. The van der Waals surface area contributed by atoms with Crippen LogP contribution < -0.4 is 10.1 Å². The van der Waals surface area contributed by atoms with E-state index < -0.39 is 54.5 Å². The smallest absolute Gasteiger partial charge is 0.303 e. The number of halogens is 2. The van der Waals surface area contributed by atoms with Gasteiger partial charge in [-0.15, -0.1) is 0 Å². The minimum absolute atomic E-state index is 0.158. The average Bonchev–Trinajstić information content (AvgIpc) is 2.65. The van der Waals surface area contributed by atoms with Crippen LogP contribution in [-0.2, 0) is 38.1 Å². The van der Waals surface area contributed by atoms with E-state index in [2.05, 4.69) is 5.32 Å². The van der Waals surface area contributed by atoms with Gasteiger partial charge in [-0.1, -0.05) is 23.2 Å². The van der Waals surface area contributed by atoms with E-state index in [-0.39, 0.29) is 17.4 Å². The van der Waals surface area contributed by atoms with Crippen molar-refractivity contribution in [2.45, 2.75) is 58.3 Å². The summed E-state index contributed by atoms with van der Waals surface area (Å²) in [6, 6.07) is 3.34. The third-order valence-electron chi connectivity index (χ3n) is 4.21. The third-order valence-corrected chi connectivity index (χ3v) is 4.74.